The number of alkyl halides is 1. The number of hydrogen-bond donors (Lipinski definition) is 1. The maximum Gasteiger partial charge on any atom is 0.449 e. The topological polar surface area (TPSA) is 80.7 Å². The molecule has 0 fully saturated rings. The Hall–Kier alpha value is -0.330. The smallest absolute Gasteiger partial charge is 0.323 e. The van der Waals surface area contributed by atoms with Gasteiger partial charge in [0.25, 0.3) is 0 Å². The molecule has 0 aliphatic rings. The van der Waals surface area contributed by atoms with Gasteiger partial charge in [0, 0.05) is 0 Å². The Labute approximate surface area is 120 Å². The van der Waals surface area contributed by atoms with Crippen LogP contribution >= 0.6 is 11.6 Å². The van der Waals surface area contributed by atoms with Crippen LogP contribution in [0.2, 0.25) is 0 Å². The summed E-state index contributed by atoms with van der Waals surface area (Å²) in [6, 6.07) is 0. The Morgan fingerprint density at radius 2 is 1.58 bits per heavy atom. The molecule has 0 amide bonds. The SMILES string of the molecule is CCCCCCCCCCC(Cl)C(=O)OS(=O)(=O)O. The molecule has 1 unspecified atom stereocenters. The fourth-order valence-corrected chi connectivity index (χ4v) is 2.31. The lowest BCUT2D eigenvalue weighted by Crippen LogP contribution is -2.21. The molecule has 0 aliphatic carbocycles. The van der Waals surface area contributed by atoms with Crippen LogP contribution in [0.3, 0.4) is 0 Å². The van der Waals surface area contributed by atoms with Gasteiger partial charge in [-0.15, -0.1) is 11.6 Å². The molecule has 0 aromatic heterocycles. The highest BCUT2D eigenvalue weighted by Crippen LogP contribution is 2.14. The number of halogens is 1. The average Bonchev–Trinajstić information content (AvgIpc) is 2.30. The van der Waals surface area contributed by atoms with Gasteiger partial charge < -0.3 is 4.18 Å². The molecule has 0 bridgehead atoms. The second kappa shape index (κ2) is 10.5. The van der Waals surface area contributed by atoms with Gasteiger partial charge in [0.2, 0.25) is 0 Å². The van der Waals surface area contributed by atoms with Gasteiger partial charge in [-0.25, -0.2) is 4.79 Å². The molecule has 1 N–H and O–H groups in total. The van der Waals surface area contributed by atoms with E-state index in [0.717, 1.165) is 19.3 Å². The van der Waals surface area contributed by atoms with Crippen molar-refractivity contribution in [1.29, 1.82) is 0 Å². The van der Waals surface area contributed by atoms with E-state index in [9.17, 15) is 13.2 Å². The van der Waals surface area contributed by atoms with Gasteiger partial charge in [-0.3, -0.25) is 4.55 Å². The summed E-state index contributed by atoms with van der Waals surface area (Å²) in [6.07, 6.45) is 9.28. The molecular formula is C12H23ClO5S. The lowest BCUT2D eigenvalue weighted by molar-refractivity contribution is -0.134. The predicted octanol–water partition coefficient (Wildman–Crippen LogP) is 3.47. The van der Waals surface area contributed by atoms with E-state index >= 15 is 0 Å². The minimum absolute atomic E-state index is 0.352. The molecule has 19 heavy (non-hydrogen) atoms. The van der Waals surface area contributed by atoms with E-state index in [-0.39, 0.29) is 0 Å². The van der Waals surface area contributed by atoms with Crippen LogP contribution in [0, 0.1) is 0 Å². The van der Waals surface area contributed by atoms with Crippen LogP contribution in [0.25, 0.3) is 0 Å². The van der Waals surface area contributed by atoms with Gasteiger partial charge in [0.15, 0.2) is 0 Å². The highest BCUT2D eigenvalue weighted by atomic mass is 35.5. The van der Waals surface area contributed by atoms with Crippen molar-refractivity contribution in [1.82, 2.24) is 0 Å². The Kier molecular flexibility index (Phi) is 10.3. The summed E-state index contributed by atoms with van der Waals surface area (Å²) < 4.78 is 32.7. The Morgan fingerprint density at radius 3 is 2.05 bits per heavy atom. The maximum absolute atomic E-state index is 11.1. The summed E-state index contributed by atoms with van der Waals surface area (Å²) >= 11 is 5.67. The van der Waals surface area contributed by atoms with Gasteiger partial charge in [-0.1, -0.05) is 58.3 Å². The van der Waals surface area contributed by atoms with Crippen LogP contribution in [0.15, 0.2) is 0 Å². The van der Waals surface area contributed by atoms with E-state index < -0.39 is 21.7 Å². The van der Waals surface area contributed by atoms with Crippen LogP contribution in [0.5, 0.6) is 0 Å². The van der Waals surface area contributed by atoms with Gasteiger partial charge in [-0.05, 0) is 6.42 Å². The van der Waals surface area contributed by atoms with Gasteiger partial charge >= 0.3 is 16.4 Å². The van der Waals surface area contributed by atoms with Crippen molar-refractivity contribution in [2.45, 2.75) is 70.1 Å². The molecule has 0 aromatic carbocycles. The summed E-state index contributed by atoms with van der Waals surface area (Å²) in [5, 5.41) is -1.03. The Morgan fingerprint density at radius 1 is 1.11 bits per heavy atom. The fourth-order valence-electron chi connectivity index (χ4n) is 1.73. The third-order valence-electron chi connectivity index (χ3n) is 2.75. The van der Waals surface area contributed by atoms with E-state index in [1.807, 2.05) is 0 Å². The van der Waals surface area contributed by atoms with Crippen LogP contribution in [-0.2, 0) is 19.4 Å². The van der Waals surface area contributed by atoms with Crippen molar-refractivity contribution in [2.24, 2.45) is 0 Å². The minimum Gasteiger partial charge on any atom is -0.323 e. The fraction of sp³-hybridized carbons (Fsp3) is 0.917. The monoisotopic (exact) mass is 314 g/mol. The maximum atomic E-state index is 11.1. The largest absolute Gasteiger partial charge is 0.449 e. The molecule has 0 spiro atoms. The Balaban J connectivity index is 3.53. The van der Waals surface area contributed by atoms with Crippen molar-refractivity contribution in [3.05, 3.63) is 0 Å². The lowest BCUT2D eigenvalue weighted by Gasteiger charge is -2.07. The molecule has 0 aromatic rings. The van der Waals surface area contributed by atoms with Crippen molar-refractivity contribution >= 4 is 28.0 Å². The van der Waals surface area contributed by atoms with E-state index in [2.05, 4.69) is 11.1 Å². The molecule has 0 rings (SSSR count). The van der Waals surface area contributed by atoms with E-state index in [4.69, 9.17) is 16.2 Å². The van der Waals surface area contributed by atoms with Gasteiger partial charge in [0.1, 0.15) is 5.38 Å². The first-order valence-electron chi connectivity index (χ1n) is 6.71. The number of carbonyl (C=O) groups is 1. The molecule has 5 nitrogen and oxygen atoms in total. The quantitative estimate of drug-likeness (QED) is 0.359. The van der Waals surface area contributed by atoms with Crippen LogP contribution in [0.4, 0.5) is 0 Å². The molecular weight excluding hydrogens is 292 g/mol. The zero-order valence-electron chi connectivity index (χ0n) is 11.3. The molecule has 0 heterocycles. The summed E-state index contributed by atoms with van der Waals surface area (Å²) in [7, 11) is -4.75. The van der Waals surface area contributed by atoms with E-state index in [0.29, 0.717) is 6.42 Å². The van der Waals surface area contributed by atoms with Crippen molar-refractivity contribution in [3.63, 3.8) is 0 Å². The average molecular weight is 315 g/mol. The molecule has 0 saturated heterocycles. The third-order valence-corrected chi connectivity index (χ3v) is 3.53. The number of carbonyl (C=O) groups excluding carboxylic acids is 1. The second-order valence-electron chi connectivity index (χ2n) is 4.56. The Bertz CT molecular complexity index is 342. The first kappa shape index (κ1) is 18.7. The van der Waals surface area contributed by atoms with Crippen molar-refractivity contribution in [3.8, 4) is 0 Å². The normalized spacial score (nSPS) is 13.2. The van der Waals surface area contributed by atoms with Gasteiger partial charge in [-0.2, -0.15) is 8.42 Å². The zero-order valence-corrected chi connectivity index (χ0v) is 12.9. The predicted molar refractivity (Wildman–Crippen MR) is 74.5 cm³/mol. The number of hydrogen-bond acceptors (Lipinski definition) is 4. The lowest BCUT2D eigenvalue weighted by atomic mass is 10.1. The highest BCUT2D eigenvalue weighted by molar-refractivity contribution is 7.81. The van der Waals surface area contributed by atoms with Crippen molar-refractivity contribution < 1.29 is 21.9 Å². The first-order valence-corrected chi connectivity index (χ1v) is 8.51. The molecule has 0 radical (unpaired) electrons. The van der Waals surface area contributed by atoms with E-state index in [1.54, 1.807) is 0 Å². The second-order valence-corrected chi connectivity index (χ2v) is 6.11. The third kappa shape index (κ3) is 12.4. The van der Waals surface area contributed by atoms with Crippen LogP contribution in [-0.4, -0.2) is 24.3 Å². The highest BCUT2D eigenvalue weighted by Gasteiger charge is 2.21. The molecule has 1 atom stereocenters. The summed E-state index contributed by atoms with van der Waals surface area (Å²) in [5.41, 5.74) is 0. The summed E-state index contributed by atoms with van der Waals surface area (Å²) in [5.74, 6) is -1.12. The minimum atomic E-state index is -4.75. The molecule has 7 heteroatoms. The van der Waals surface area contributed by atoms with Crippen molar-refractivity contribution in [2.75, 3.05) is 0 Å². The molecule has 0 aliphatic heterocycles. The number of unbranched alkanes of at least 4 members (excludes halogenated alkanes) is 7. The molecule has 0 saturated carbocycles. The zero-order chi connectivity index (χ0) is 14.7. The molecule has 114 valence electrons. The van der Waals surface area contributed by atoms with Gasteiger partial charge in [0.05, 0.1) is 0 Å². The first-order chi connectivity index (χ1) is 8.87. The number of rotatable bonds is 11. The van der Waals surface area contributed by atoms with E-state index in [1.165, 1.54) is 32.1 Å². The van der Waals surface area contributed by atoms with Crippen LogP contribution < -0.4 is 0 Å². The summed E-state index contributed by atoms with van der Waals surface area (Å²) in [4.78, 5) is 11.1. The summed E-state index contributed by atoms with van der Waals surface area (Å²) in [6.45, 7) is 2.17. The van der Waals surface area contributed by atoms with Crippen LogP contribution in [0.1, 0.15) is 64.7 Å². The standard InChI is InChI=1S/C12H23ClO5S/c1-2-3-4-5-6-7-8-9-10-11(13)12(14)18-19(15,16)17/h11H,2-10H2,1H3,(H,15,16,17).